The van der Waals surface area contributed by atoms with Crippen molar-refractivity contribution in [2.75, 3.05) is 28.7 Å². The zero-order valence-corrected chi connectivity index (χ0v) is 16.4. The van der Waals surface area contributed by atoms with Crippen LogP contribution in [0.25, 0.3) is 0 Å². The first-order valence-corrected chi connectivity index (χ1v) is 9.71. The lowest BCUT2D eigenvalue weighted by Gasteiger charge is -2.33. The lowest BCUT2D eigenvalue weighted by molar-refractivity contribution is -0.126. The average molecular weight is 393 g/mol. The maximum Gasteiger partial charge on any atom is 0.338 e. The number of nitrogens with one attached hydrogen (secondary N) is 1. The molecule has 0 aliphatic carbocycles. The zero-order valence-electron chi connectivity index (χ0n) is 16.4. The van der Waals surface area contributed by atoms with Crippen LogP contribution in [0.2, 0.25) is 0 Å². The van der Waals surface area contributed by atoms with Gasteiger partial charge in [0.2, 0.25) is 5.91 Å². The molecule has 0 saturated carbocycles. The second-order valence-corrected chi connectivity index (χ2v) is 7.35. The van der Waals surface area contributed by atoms with Crippen molar-refractivity contribution in [3.05, 3.63) is 54.1 Å². The van der Waals surface area contributed by atoms with Gasteiger partial charge in [0, 0.05) is 19.3 Å². The minimum Gasteiger partial charge on any atom is -0.449 e. The molecule has 0 radical (unpaired) electrons. The van der Waals surface area contributed by atoms with Crippen LogP contribution in [0, 0.1) is 0 Å². The van der Waals surface area contributed by atoms with Crippen LogP contribution in [0.1, 0.15) is 30.1 Å². The van der Waals surface area contributed by atoms with Gasteiger partial charge >= 0.3 is 5.97 Å². The summed E-state index contributed by atoms with van der Waals surface area (Å²) in [5, 5.41) is 2.88. The third kappa shape index (κ3) is 3.55. The van der Waals surface area contributed by atoms with Gasteiger partial charge in [0.25, 0.3) is 5.91 Å². The van der Waals surface area contributed by atoms with Crippen LogP contribution in [0.5, 0.6) is 0 Å². The van der Waals surface area contributed by atoms with E-state index in [1.165, 1.54) is 4.90 Å². The van der Waals surface area contributed by atoms with Gasteiger partial charge in [0.1, 0.15) is 6.04 Å². The van der Waals surface area contributed by atoms with E-state index in [-0.39, 0.29) is 17.9 Å². The lowest BCUT2D eigenvalue weighted by Crippen LogP contribution is -2.44. The summed E-state index contributed by atoms with van der Waals surface area (Å²) in [5.74, 6) is -0.975. The zero-order chi connectivity index (χ0) is 20.5. The lowest BCUT2D eigenvalue weighted by atomic mass is 10.1. The number of rotatable bonds is 4. The van der Waals surface area contributed by atoms with E-state index in [0.717, 1.165) is 30.8 Å². The monoisotopic (exact) mass is 393 g/mol. The molecule has 2 atom stereocenters. The predicted molar refractivity (Wildman–Crippen MR) is 110 cm³/mol. The van der Waals surface area contributed by atoms with Gasteiger partial charge < -0.3 is 19.9 Å². The molecule has 29 heavy (non-hydrogen) atoms. The number of benzene rings is 2. The van der Waals surface area contributed by atoms with Gasteiger partial charge in [-0.2, -0.15) is 0 Å². The number of carbonyl (C=O) groups excluding carboxylic acids is 3. The van der Waals surface area contributed by atoms with E-state index >= 15 is 0 Å². The Morgan fingerprint density at radius 2 is 1.97 bits per heavy atom. The highest BCUT2D eigenvalue weighted by atomic mass is 16.5. The minimum atomic E-state index is -0.943. The van der Waals surface area contributed by atoms with Crippen molar-refractivity contribution in [1.29, 1.82) is 0 Å². The molecule has 2 aliphatic rings. The molecular weight excluding hydrogens is 370 g/mol. The van der Waals surface area contributed by atoms with Crippen LogP contribution in [0.4, 0.5) is 17.1 Å². The van der Waals surface area contributed by atoms with E-state index in [4.69, 9.17) is 4.74 Å². The molecule has 1 N–H and O–H groups in total. The van der Waals surface area contributed by atoms with Crippen molar-refractivity contribution in [2.24, 2.45) is 0 Å². The maximum atomic E-state index is 12.6. The Kier molecular flexibility index (Phi) is 4.96. The Balaban J connectivity index is 1.47. The van der Waals surface area contributed by atoms with Crippen LogP contribution in [-0.4, -0.2) is 43.5 Å². The third-order valence-corrected chi connectivity index (χ3v) is 5.46. The number of fused-ring (bicyclic) bond motifs is 3. The topological polar surface area (TPSA) is 79.0 Å². The normalized spacial score (nSPS) is 18.3. The second kappa shape index (κ2) is 7.58. The number of para-hydroxylation sites is 1. The minimum absolute atomic E-state index is 0.0476. The van der Waals surface area contributed by atoms with Crippen molar-refractivity contribution in [1.82, 2.24) is 0 Å². The predicted octanol–water partition coefficient (Wildman–Crippen LogP) is 2.82. The van der Waals surface area contributed by atoms with Gasteiger partial charge in [-0.25, -0.2) is 4.79 Å². The van der Waals surface area contributed by atoms with E-state index in [0.29, 0.717) is 11.3 Å². The number of likely N-dealkylation sites (N-methyl/N-ethyl adjacent to an activating group) is 1. The standard InChI is InChI=1S/C22H23N3O4/c1-14(21(27)24(2)16-7-4-3-5-8-16)29-22(28)15-10-11-18-17(13-15)23-20(26)19-9-6-12-25(18)19/h3-5,7-8,10-11,13-14,19H,6,9,12H2,1-2H3,(H,23,26)/t14-,19-/m0/s1. The van der Waals surface area contributed by atoms with Crippen LogP contribution in [0.3, 0.4) is 0 Å². The molecule has 1 fully saturated rings. The second-order valence-electron chi connectivity index (χ2n) is 7.35. The van der Waals surface area contributed by atoms with Gasteiger partial charge in [0.15, 0.2) is 6.10 Å². The fraction of sp³-hybridized carbons (Fsp3) is 0.318. The Hall–Kier alpha value is -3.35. The molecule has 0 bridgehead atoms. The van der Waals surface area contributed by atoms with Gasteiger partial charge in [-0.05, 0) is 50.1 Å². The van der Waals surface area contributed by atoms with Crippen LogP contribution < -0.4 is 15.1 Å². The quantitative estimate of drug-likeness (QED) is 0.808. The van der Waals surface area contributed by atoms with Crippen molar-refractivity contribution in [3.63, 3.8) is 0 Å². The largest absolute Gasteiger partial charge is 0.449 e. The van der Waals surface area contributed by atoms with Crippen LogP contribution in [0.15, 0.2) is 48.5 Å². The fourth-order valence-corrected chi connectivity index (χ4v) is 3.89. The molecule has 2 amide bonds. The summed E-state index contributed by atoms with van der Waals surface area (Å²) in [7, 11) is 1.64. The molecule has 2 heterocycles. The van der Waals surface area contributed by atoms with Crippen LogP contribution >= 0.6 is 0 Å². The highest BCUT2D eigenvalue weighted by Gasteiger charge is 2.36. The average Bonchev–Trinajstić information content (AvgIpc) is 3.23. The van der Waals surface area contributed by atoms with E-state index in [1.807, 2.05) is 36.4 Å². The molecule has 4 rings (SSSR count). The fourth-order valence-electron chi connectivity index (χ4n) is 3.89. The summed E-state index contributed by atoms with van der Waals surface area (Å²) in [5.41, 5.74) is 2.53. The molecule has 7 nitrogen and oxygen atoms in total. The molecule has 0 unspecified atom stereocenters. The molecule has 2 aromatic carbocycles. The van der Waals surface area contributed by atoms with Crippen molar-refractivity contribution >= 4 is 34.8 Å². The number of hydrogen-bond acceptors (Lipinski definition) is 5. The number of amides is 2. The number of esters is 1. The summed E-state index contributed by atoms with van der Waals surface area (Å²) in [6.45, 7) is 2.38. The number of anilines is 3. The van der Waals surface area contributed by atoms with Crippen molar-refractivity contribution in [3.8, 4) is 0 Å². The molecule has 150 valence electrons. The van der Waals surface area contributed by atoms with Crippen molar-refractivity contribution in [2.45, 2.75) is 31.9 Å². The first kappa shape index (κ1) is 19.0. The molecule has 0 spiro atoms. The van der Waals surface area contributed by atoms with E-state index in [9.17, 15) is 14.4 Å². The van der Waals surface area contributed by atoms with Gasteiger partial charge in [-0.1, -0.05) is 18.2 Å². The molecule has 0 aromatic heterocycles. The Labute approximate surface area is 169 Å². The molecular formula is C22H23N3O4. The smallest absolute Gasteiger partial charge is 0.338 e. The first-order valence-electron chi connectivity index (χ1n) is 9.71. The Morgan fingerprint density at radius 1 is 1.21 bits per heavy atom. The summed E-state index contributed by atoms with van der Waals surface area (Å²) < 4.78 is 5.39. The summed E-state index contributed by atoms with van der Waals surface area (Å²) in [6.07, 6.45) is 0.862. The Bertz CT molecular complexity index is 960. The first-order chi connectivity index (χ1) is 14.0. The highest BCUT2D eigenvalue weighted by molar-refractivity contribution is 6.06. The number of nitrogens with zero attached hydrogens (tertiary/aromatic N) is 2. The number of carbonyl (C=O) groups is 3. The summed E-state index contributed by atoms with van der Waals surface area (Å²) >= 11 is 0. The summed E-state index contributed by atoms with van der Waals surface area (Å²) in [4.78, 5) is 41.0. The number of ether oxygens (including phenoxy) is 1. The van der Waals surface area contributed by atoms with E-state index in [2.05, 4.69) is 10.2 Å². The SMILES string of the molecule is C[C@H](OC(=O)c1ccc2c(c1)NC(=O)[C@@H]1CCCN21)C(=O)N(C)c1ccccc1. The van der Waals surface area contributed by atoms with E-state index < -0.39 is 12.1 Å². The van der Waals surface area contributed by atoms with Crippen molar-refractivity contribution < 1.29 is 19.1 Å². The third-order valence-electron chi connectivity index (χ3n) is 5.46. The van der Waals surface area contributed by atoms with Gasteiger partial charge in [0.05, 0.1) is 16.9 Å². The van der Waals surface area contributed by atoms with E-state index in [1.54, 1.807) is 26.1 Å². The molecule has 2 aliphatic heterocycles. The van der Waals surface area contributed by atoms with Gasteiger partial charge in [-0.3, -0.25) is 9.59 Å². The molecule has 7 heteroatoms. The molecule has 2 aromatic rings. The maximum absolute atomic E-state index is 12.6. The number of hydrogen-bond donors (Lipinski definition) is 1. The Morgan fingerprint density at radius 3 is 2.72 bits per heavy atom. The van der Waals surface area contributed by atoms with Gasteiger partial charge in [-0.15, -0.1) is 0 Å². The molecule has 1 saturated heterocycles. The summed E-state index contributed by atoms with van der Waals surface area (Å²) in [6, 6.07) is 14.1. The highest BCUT2D eigenvalue weighted by Crippen LogP contribution is 2.37. The van der Waals surface area contributed by atoms with Crippen LogP contribution in [-0.2, 0) is 14.3 Å².